The van der Waals surface area contributed by atoms with Crippen LogP contribution in [0.5, 0.6) is 23.0 Å². The fourth-order valence-electron chi connectivity index (χ4n) is 5.99. The van der Waals surface area contributed by atoms with E-state index in [9.17, 15) is 36.7 Å². The van der Waals surface area contributed by atoms with Crippen molar-refractivity contribution in [3.63, 3.8) is 0 Å². The Balaban J connectivity index is 0.000000196. The Labute approximate surface area is 379 Å². The number of carbonyl (C=O) groups is 2. The molecule has 0 aliphatic heterocycles. The molecule has 14 nitrogen and oxygen atoms in total. The number of halogens is 6. The van der Waals surface area contributed by atoms with Crippen molar-refractivity contribution < 1.29 is 36.6 Å². The molecule has 0 aliphatic carbocycles. The van der Waals surface area contributed by atoms with E-state index in [0.717, 1.165) is 12.1 Å². The maximum atomic E-state index is 14.6. The van der Waals surface area contributed by atoms with E-state index in [0.29, 0.717) is 11.1 Å². The summed E-state index contributed by atoms with van der Waals surface area (Å²) in [6, 6.07) is 20.8. The molecule has 0 saturated carbocycles. The molecular weight excluding hydrogens is 907 g/mol. The molecule has 0 saturated heterocycles. The Hall–Kier alpha value is -8.48. The molecule has 0 bridgehead atoms. The topological polar surface area (TPSA) is 220 Å². The van der Waals surface area contributed by atoms with Crippen LogP contribution in [-0.4, -0.2) is 31.8 Å². The van der Waals surface area contributed by atoms with Crippen LogP contribution in [0.1, 0.15) is 20.7 Å². The number of ether oxygens (including phenoxy) is 2. The summed E-state index contributed by atoms with van der Waals surface area (Å²) in [6.07, 6.45) is 8.01. The molecule has 0 aliphatic rings. The van der Waals surface area contributed by atoms with E-state index in [2.05, 4.69) is 30.6 Å². The molecule has 66 heavy (non-hydrogen) atoms. The maximum Gasteiger partial charge on any atom is 0.261 e. The predicted octanol–water partition coefficient (Wildman–Crippen LogP) is 9.99. The molecule has 4 aromatic heterocycles. The second-order valence-electron chi connectivity index (χ2n) is 13.7. The van der Waals surface area contributed by atoms with Crippen molar-refractivity contribution in [1.29, 1.82) is 0 Å². The van der Waals surface area contributed by atoms with Gasteiger partial charge in [0, 0.05) is 83.9 Å². The molecule has 8 aromatic rings. The first kappa shape index (κ1) is 45.5. The predicted molar refractivity (Wildman–Crippen MR) is 241 cm³/mol. The fraction of sp³-hybridized carbons (Fsp3) is 0. The SMILES string of the molecule is Nc1nccc(Oc2ccc(NC(=O)c3c[nH]cc(-c4ccc(F)cc4)c3=O)cc2F)c1Cl.Nc1nccc(Oc2ccc(NC(=O)c3c[nH]cc(-c4ccc(F)cc4)c3=O)cc2F)c1Cl. The van der Waals surface area contributed by atoms with Crippen LogP contribution in [0, 0.1) is 23.3 Å². The minimum absolute atomic E-state index is 0.0338. The summed E-state index contributed by atoms with van der Waals surface area (Å²) in [5.41, 5.74) is 11.1. The van der Waals surface area contributed by atoms with Crippen LogP contribution in [0.2, 0.25) is 10.0 Å². The first-order valence-corrected chi connectivity index (χ1v) is 19.7. The number of carbonyl (C=O) groups excluding carboxylic acids is 2. The Bertz CT molecular complexity index is 3030. The van der Waals surface area contributed by atoms with E-state index < -0.39 is 45.9 Å². The van der Waals surface area contributed by atoms with Gasteiger partial charge >= 0.3 is 0 Å². The Morgan fingerprint density at radius 2 is 0.909 bits per heavy atom. The van der Waals surface area contributed by atoms with Crippen molar-refractivity contribution in [2.75, 3.05) is 22.1 Å². The molecule has 4 aromatic carbocycles. The normalized spacial score (nSPS) is 10.6. The van der Waals surface area contributed by atoms with Gasteiger partial charge < -0.3 is 41.5 Å². The van der Waals surface area contributed by atoms with Gasteiger partial charge in [-0.25, -0.2) is 27.5 Å². The van der Waals surface area contributed by atoms with Crippen molar-refractivity contribution in [3.8, 4) is 45.3 Å². The van der Waals surface area contributed by atoms with Gasteiger partial charge in [0.05, 0.1) is 0 Å². The van der Waals surface area contributed by atoms with Crippen LogP contribution < -0.4 is 42.4 Å². The molecule has 8 rings (SSSR count). The average molecular weight is 938 g/mol. The largest absolute Gasteiger partial charge is 0.453 e. The monoisotopic (exact) mass is 936 g/mol. The Kier molecular flexibility index (Phi) is 13.7. The van der Waals surface area contributed by atoms with Crippen LogP contribution >= 0.6 is 23.2 Å². The number of benzene rings is 4. The number of amides is 2. The maximum absolute atomic E-state index is 14.6. The highest BCUT2D eigenvalue weighted by Crippen LogP contribution is 2.35. The summed E-state index contributed by atoms with van der Waals surface area (Å²) in [4.78, 5) is 63.9. The lowest BCUT2D eigenvalue weighted by Crippen LogP contribution is -2.22. The van der Waals surface area contributed by atoms with Crippen molar-refractivity contribution in [2.24, 2.45) is 0 Å². The third-order valence-corrected chi connectivity index (χ3v) is 10.0. The van der Waals surface area contributed by atoms with Crippen molar-refractivity contribution in [1.82, 2.24) is 19.9 Å². The van der Waals surface area contributed by atoms with E-state index in [-0.39, 0.29) is 78.3 Å². The Morgan fingerprint density at radius 1 is 0.530 bits per heavy atom. The molecular formula is C46H30Cl2F4N8O6. The molecule has 0 atom stereocenters. The number of H-pyrrole nitrogens is 2. The van der Waals surface area contributed by atoms with Gasteiger partial charge in [0.25, 0.3) is 11.8 Å². The zero-order valence-corrected chi connectivity index (χ0v) is 35.0. The summed E-state index contributed by atoms with van der Waals surface area (Å²) in [5.74, 6) is -3.99. The van der Waals surface area contributed by atoms with Gasteiger partial charge in [-0.2, -0.15) is 0 Å². The average Bonchev–Trinajstić information content (AvgIpc) is 3.29. The molecule has 332 valence electrons. The van der Waals surface area contributed by atoms with E-state index >= 15 is 0 Å². The third-order valence-electron chi connectivity index (χ3n) is 9.27. The summed E-state index contributed by atoms with van der Waals surface area (Å²) in [6.45, 7) is 0. The van der Waals surface area contributed by atoms with E-state index in [1.807, 2.05) is 0 Å². The number of nitrogens with two attached hydrogens (primary N) is 2. The lowest BCUT2D eigenvalue weighted by molar-refractivity contribution is 0.101. The molecule has 8 N–H and O–H groups in total. The smallest absolute Gasteiger partial charge is 0.261 e. The lowest BCUT2D eigenvalue weighted by atomic mass is 10.0. The summed E-state index contributed by atoms with van der Waals surface area (Å²) < 4.78 is 66.3. The van der Waals surface area contributed by atoms with Gasteiger partial charge in [-0.05, 0) is 59.7 Å². The van der Waals surface area contributed by atoms with Gasteiger partial charge in [0.2, 0.25) is 10.9 Å². The third kappa shape index (κ3) is 10.5. The van der Waals surface area contributed by atoms with Crippen LogP contribution in [0.3, 0.4) is 0 Å². The highest BCUT2D eigenvalue weighted by atomic mass is 35.5. The standard InChI is InChI=1S/2C23H15ClF2N4O3/c2*24-20-19(7-8-29-22(20)27)33-18-6-5-14(9-17(18)26)30-23(32)16-11-28-10-15(21(16)31)12-1-3-13(25)4-2-12/h2*1-11H,(H2,27,29)(H,28,31)(H,30,32). The minimum atomic E-state index is -0.784. The van der Waals surface area contributed by atoms with Gasteiger partial charge in [-0.15, -0.1) is 0 Å². The molecule has 0 unspecified atom stereocenters. The van der Waals surface area contributed by atoms with Crippen LogP contribution in [0.4, 0.5) is 40.6 Å². The summed E-state index contributed by atoms with van der Waals surface area (Å²) in [7, 11) is 0. The zero-order chi connectivity index (χ0) is 47.1. The molecule has 20 heteroatoms. The summed E-state index contributed by atoms with van der Waals surface area (Å²) in [5, 5.41) is 5.01. The van der Waals surface area contributed by atoms with Gasteiger partial charge in [0.15, 0.2) is 34.6 Å². The van der Waals surface area contributed by atoms with Gasteiger partial charge in [-0.3, -0.25) is 19.2 Å². The van der Waals surface area contributed by atoms with Crippen molar-refractivity contribution in [3.05, 3.63) is 199 Å². The first-order valence-electron chi connectivity index (χ1n) is 19.0. The van der Waals surface area contributed by atoms with Crippen LogP contribution in [0.15, 0.2) is 144 Å². The number of hydrogen-bond acceptors (Lipinski definition) is 10. The van der Waals surface area contributed by atoms with Crippen LogP contribution in [-0.2, 0) is 0 Å². The quantitative estimate of drug-likeness (QED) is 0.0713. The second kappa shape index (κ2) is 19.9. The number of nitrogens with one attached hydrogen (secondary N) is 4. The number of pyridine rings is 4. The van der Waals surface area contributed by atoms with E-state index in [4.69, 9.17) is 44.1 Å². The van der Waals surface area contributed by atoms with Crippen molar-refractivity contribution >= 4 is 58.0 Å². The van der Waals surface area contributed by atoms with Crippen LogP contribution in [0.25, 0.3) is 22.3 Å². The number of hydrogen-bond donors (Lipinski definition) is 6. The number of rotatable bonds is 10. The van der Waals surface area contributed by atoms with Gasteiger partial charge in [0.1, 0.15) is 44.4 Å². The number of anilines is 4. The molecule has 2 amide bonds. The fourth-order valence-corrected chi connectivity index (χ4v) is 6.29. The number of nitrogen functional groups attached to an aromatic ring is 2. The number of nitrogens with zero attached hydrogens (tertiary/aromatic N) is 2. The van der Waals surface area contributed by atoms with E-state index in [1.165, 1.54) is 122 Å². The number of aromatic nitrogens is 4. The van der Waals surface area contributed by atoms with Gasteiger partial charge in [-0.1, -0.05) is 47.5 Å². The molecule has 0 fully saturated rings. The second-order valence-corrected chi connectivity index (χ2v) is 14.4. The summed E-state index contributed by atoms with van der Waals surface area (Å²) >= 11 is 12.0. The Morgan fingerprint density at radius 3 is 1.27 bits per heavy atom. The highest BCUT2D eigenvalue weighted by molar-refractivity contribution is 6.34. The highest BCUT2D eigenvalue weighted by Gasteiger charge is 2.19. The molecule has 0 radical (unpaired) electrons. The molecule has 0 spiro atoms. The zero-order valence-electron chi connectivity index (χ0n) is 33.5. The van der Waals surface area contributed by atoms with E-state index in [1.54, 1.807) is 0 Å². The van der Waals surface area contributed by atoms with Crippen molar-refractivity contribution in [2.45, 2.75) is 0 Å². The molecule has 4 heterocycles. The lowest BCUT2D eigenvalue weighted by Gasteiger charge is -2.11. The number of aromatic amines is 2. The first-order chi connectivity index (χ1) is 31.7. The minimum Gasteiger partial charge on any atom is -0.453 e.